The van der Waals surface area contributed by atoms with E-state index in [1.807, 2.05) is 48.5 Å². The van der Waals surface area contributed by atoms with E-state index in [4.69, 9.17) is 4.99 Å². The summed E-state index contributed by atoms with van der Waals surface area (Å²) in [6.45, 7) is 0. The van der Waals surface area contributed by atoms with Crippen LogP contribution in [0.5, 0.6) is 0 Å². The Hall–Kier alpha value is -3.08. The van der Waals surface area contributed by atoms with Gasteiger partial charge in [0.25, 0.3) is 0 Å². The minimum atomic E-state index is -4.32. The zero-order valence-corrected chi connectivity index (χ0v) is 15.0. The van der Waals surface area contributed by atoms with Gasteiger partial charge in [0.05, 0.1) is 11.6 Å². The second-order valence-corrected chi connectivity index (χ2v) is 6.84. The number of aliphatic imine (C=N–C) groups is 1. The molecule has 5 heteroatoms. The molecule has 0 unspecified atom stereocenters. The van der Waals surface area contributed by atoms with Crippen LogP contribution in [0.3, 0.4) is 0 Å². The number of rotatable bonds is 4. The van der Waals surface area contributed by atoms with Gasteiger partial charge < -0.3 is 5.32 Å². The van der Waals surface area contributed by atoms with E-state index < -0.39 is 11.7 Å². The Bertz CT molecular complexity index is 949. The van der Waals surface area contributed by atoms with E-state index in [2.05, 4.69) is 17.4 Å². The number of hydrogen-bond acceptors (Lipinski definition) is 2. The van der Waals surface area contributed by atoms with Crippen molar-refractivity contribution in [3.8, 4) is 0 Å². The van der Waals surface area contributed by atoms with Crippen LogP contribution in [-0.2, 0) is 12.6 Å². The van der Waals surface area contributed by atoms with E-state index in [-0.39, 0.29) is 12.1 Å². The summed E-state index contributed by atoms with van der Waals surface area (Å²) in [6.07, 6.45) is -3.86. The summed E-state index contributed by atoms with van der Waals surface area (Å²) >= 11 is 0. The van der Waals surface area contributed by atoms with E-state index in [9.17, 15) is 13.2 Å². The predicted molar refractivity (Wildman–Crippen MR) is 104 cm³/mol. The molecule has 4 rings (SSSR count). The van der Waals surface area contributed by atoms with Crippen LogP contribution in [0.2, 0.25) is 0 Å². The van der Waals surface area contributed by atoms with E-state index in [1.54, 1.807) is 0 Å². The summed E-state index contributed by atoms with van der Waals surface area (Å²) in [6, 6.07) is 25.3. The van der Waals surface area contributed by atoms with Crippen LogP contribution in [0, 0.1) is 0 Å². The maximum atomic E-state index is 12.8. The van der Waals surface area contributed by atoms with E-state index >= 15 is 0 Å². The number of nitrogens with one attached hydrogen (secondary N) is 1. The van der Waals surface area contributed by atoms with Gasteiger partial charge >= 0.3 is 6.18 Å². The lowest BCUT2D eigenvalue weighted by Crippen LogP contribution is -2.25. The van der Waals surface area contributed by atoms with Crippen molar-refractivity contribution >= 4 is 5.84 Å². The molecule has 3 aromatic rings. The van der Waals surface area contributed by atoms with Crippen molar-refractivity contribution in [2.45, 2.75) is 24.7 Å². The van der Waals surface area contributed by atoms with Gasteiger partial charge in [-0.15, -0.1) is 0 Å². The fourth-order valence-electron chi connectivity index (χ4n) is 3.48. The molecule has 0 saturated carbocycles. The summed E-state index contributed by atoms with van der Waals surface area (Å²) in [5.41, 5.74) is 2.38. The topological polar surface area (TPSA) is 24.4 Å². The highest BCUT2D eigenvalue weighted by molar-refractivity contribution is 5.87. The van der Waals surface area contributed by atoms with Gasteiger partial charge in [0.2, 0.25) is 0 Å². The predicted octanol–water partition coefficient (Wildman–Crippen LogP) is 5.73. The molecule has 1 aliphatic rings. The van der Waals surface area contributed by atoms with Crippen molar-refractivity contribution in [1.29, 1.82) is 0 Å². The number of halogens is 3. The molecule has 0 spiro atoms. The van der Waals surface area contributed by atoms with Crippen LogP contribution < -0.4 is 5.32 Å². The Morgan fingerprint density at radius 2 is 1.32 bits per heavy atom. The van der Waals surface area contributed by atoms with Gasteiger partial charge in [0.1, 0.15) is 11.9 Å². The first-order valence-electron chi connectivity index (χ1n) is 9.10. The van der Waals surface area contributed by atoms with Crippen molar-refractivity contribution in [3.63, 3.8) is 0 Å². The Balaban J connectivity index is 1.59. The molecule has 1 heterocycles. The van der Waals surface area contributed by atoms with Crippen molar-refractivity contribution in [2.24, 2.45) is 4.99 Å². The zero-order chi connectivity index (χ0) is 19.6. The highest BCUT2D eigenvalue weighted by Crippen LogP contribution is 2.36. The molecule has 142 valence electrons. The molecule has 2 nitrogen and oxygen atoms in total. The quantitative estimate of drug-likeness (QED) is 0.614. The number of nitrogens with zero attached hydrogens (tertiary/aromatic N) is 1. The molecule has 0 amide bonds. The average molecular weight is 380 g/mol. The number of alkyl halides is 3. The molecular formula is C23H19F3N2. The Morgan fingerprint density at radius 3 is 1.89 bits per heavy atom. The molecule has 1 aliphatic heterocycles. The summed E-state index contributed by atoms with van der Waals surface area (Å²) < 4.78 is 38.3. The van der Waals surface area contributed by atoms with Crippen LogP contribution in [0.1, 0.15) is 34.3 Å². The summed E-state index contributed by atoms with van der Waals surface area (Å²) in [7, 11) is 0. The monoisotopic (exact) mass is 380 g/mol. The van der Waals surface area contributed by atoms with Gasteiger partial charge in [0.15, 0.2) is 0 Å². The third kappa shape index (κ3) is 3.93. The van der Waals surface area contributed by atoms with Gasteiger partial charge in [-0.3, -0.25) is 4.99 Å². The SMILES string of the molecule is FC(F)(F)c1ccc(CC2=N[C@@H](c3ccccc3)[C@H](c3ccccc3)N2)cc1. The standard InChI is InChI=1S/C23H19F3N2/c24-23(25,26)19-13-11-16(12-14-19)15-20-27-21(17-7-3-1-4-8-17)22(28-20)18-9-5-2-6-10-18/h1-14,21-22H,15H2,(H,27,28)/t21-,22-/m0/s1. The molecule has 0 bridgehead atoms. The molecule has 2 atom stereocenters. The first-order valence-corrected chi connectivity index (χ1v) is 9.10. The lowest BCUT2D eigenvalue weighted by atomic mass is 9.95. The fraction of sp³-hybridized carbons (Fsp3) is 0.174. The smallest absolute Gasteiger partial charge is 0.364 e. The molecule has 0 radical (unpaired) electrons. The molecule has 0 saturated heterocycles. The highest BCUT2D eigenvalue weighted by atomic mass is 19.4. The van der Waals surface area contributed by atoms with Crippen LogP contribution in [0.15, 0.2) is 89.9 Å². The Kier molecular flexibility index (Phi) is 4.90. The van der Waals surface area contributed by atoms with E-state index in [0.29, 0.717) is 6.42 Å². The van der Waals surface area contributed by atoms with Gasteiger partial charge in [-0.2, -0.15) is 13.2 Å². The molecular weight excluding hydrogens is 361 g/mol. The summed E-state index contributed by atoms with van der Waals surface area (Å²) in [4.78, 5) is 4.87. The maximum absolute atomic E-state index is 12.8. The molecule has 0 aromatic heterocycles. The van der Waals surface area contributed by atoms with Crippen molar-refractivity contribution in [2.75, 3.05) is 0 Å². The average Bonchev–Trinajstić information content (AvgIpc) is 3.13. The Morgan fingerprint density at radius 1 is 0.750 bits per heavy atom. The highest BCUT2D eigenvalue weighted by Gasteiger charge is 2.32. The van der Waals surface area contributed by atoms with E-state index in [0.717, 1.165) is 34.7 Å². The van der Waals surface area contributed by atoms with Crippen LogP contribution in [0.25, 0.3) is 0 Å². The number of amidine groups is 1. The molecule has 1 N–H and O–H groups in total. The minimum absolute atomic E-state index is 0.00644. The normalized spacial score (nSPS) is 19.2. The van der Waals surface area contributed by atoms with Crippen LogP contribution >= 0.6 is 0 Å². The van der Waals surface area contributed by atoms with Gasteiger partial charge in [-0.25, -0.2) is 0 Å². The first kappa shape index (κ1) is 18.3. The summed E-state index contributed by atoms with van der Waals surface area (Å²) in [5, 5.41) is 3.48. The fourth-order valence-corrected chi connectivity index (χ4v) is 3.48. The lowest BCUT2D eigenvalue weighted by molar-refractivity contribution is -0.137. The third-order valence-corrected chi connectivity index (χ3v) is 4.89. The third-order valence-electron chi connectivity index (χ3n) is 4.89. The van der Waals surface area contributed by atoms with Crippen molar-refractivity contribution < 1.29 is 13.2 Å². The van der Waals surface area contributed by atoms with Gasteiger partial charge in [0, 0.05) is 6.42 Å². The van der Waals surface area contributed by atoms with Crippen molar-refractivity contribution in [3.05, 3.63) is 107 Å². The maximum Gasteiger partial charge on any atom is 0.416 e. The van der Waals surface area contributed by atoms with Crippen molar-refractivity contribution in [1.82, 2.24) is 5.32 Å². The van der Waals surface area contributed by atoms with Gasteiger partial charge in [-0.05, 0) is 28.8 Å². The van der Waals surface area contributed by atoms with Gasteiger partial charge in [-0.1, -0.05) is 72.8 Å². The Labute approximate surface area is 161 Å². The van der Waals surface area contributed by atoms with Crippen LogP contribution in [-0.4, -0.2) is 5.84 Å². The molecule has 3 aromatic carbocycles. The zero-order valence-electron chi connectivity index (χ0n) is 15.0. The van der Waals surface area contributed by atoms with Crippen LogP contribution in [0.4, 0.5) is 13.2 Å². The number of hydrogen-bond donors (Lipinski definition) is 1. The number of benzene rings is 3. The first-order chi connectivity index (χ1) is 13.5. The lowest BCUT2D eigenvalue weighted by Gasteiger charge is -2.19. The molecule has 0 aliphatic carbocycles. The molecule has 0 fully saturated rings. The minimum Gasteiger partial charge on any atom is -0.364 e. The molecule has 28 heavy (non-hydrogen) atoms. The van der Waals surface area contributed by atoms with E-state index in [1.165, 1.54) is 12.1 Å². The second kappa shape index (κ2) is 7.50. The summed E-state index contributed by atoms with van der Waals surface area (Å²) in [5.74, 6) is 0.780. The second-order valence-electron chi connectivity index (χ2n) is 6.84. The largest absolute Gasteiger partial charge is 0.416 e.